The van der Waals surface area contributed by atoms with Crippen LogP contribution in [-0.4, -0.2) is 70.5 Å². The molecule has 130 valence electrons. The third-order valence-corrected chi connectivity index (χ3v) is 4.84. The molecule has 2 aliphatic heterocycles. The van der Waals surface area contributed by atoms with Crippen LogP contribution in [0.5, 0.6) is 0 Å². The van der Waals surface area contributed by atoms with Gasteiger partial charge >= 0.3 is 0 Å². The molecule has 1 atom stereocenters. The number of morpholine rings is 1. The van der Waals surface area contributed by atoms with Gasteiger partial charge in [0.2, 0.25) is 0 Å². The van der Waals surface area contributed by atoms with Gasteiger partial charge in [0.1, 0.15) is 12.2 Å². The molecule has 23 heavy (non-hydrogen) atoms. The zero-order valence-corrected chi connectivity index (χ0v) is 14.9. The van der Waals surface area contributed by atoms with Crippen LogP contribution in [0.1, 0.15) is 39.4 Å². The highest BCUT2D eigenvalue weighted by Crippen LogP contribution is 2.21. The molecule has 6 nitrogen and oxygen atoms in total. The fourth-order valence-corrected chi connectivity index (χ4v) is 3.73. The minimum atomic E-state index is -0.00514. The lowest BCUT2D eigenvalue weighted by atomic mass is 9.97. The molecule has 2 saturated heterocycles. The summed E-state index contributed by atoms with van der Waals surface area (Å²) in [5, 5.41) is 4.42. The Morgan fingerprint density at radius 1 is 1.17 bits per heavy atom. The van der Waals surface area contributed by atoms with Gasteiger partial charge in [-0.25, -0.2) is 9.67 Å². The molecule has 0 spiro atoms. The number of rotatable bonds is 4. The summed E-state index contributed by atoms with van der Waals surface area (Å²) < 4.78 is 7.52. The van der Waals surface area contributed by atoms with Crippen LogP contribution in [0.25, 0.3) is 0 Å². The van der Waals surface area contributed by atoms with Crippen molar-refractivity contribution in [3.05, 3.63) is 12.2 Å². The van der Waals surface area contributed by atoms with E-state index in [1.807, 2.05) is 0 Å². The fourth-order valence-electron chi connectivity index (χ4n) is 3.73. The van der Waals surface area contributed by atoms with E-state index in [0.29, 0.717) is 0 Å². The number of aromatic nitrogens is 3. The summed E-state index contributed by atoms with van der Waals surface area (Å²) in [4.78, 5) is 9.62. The van der Waals surface area contributed by atoms with E-state index in [9.17, 15) is 0 Å². The second-order valence-corrected chi connectivity index (χ2v) is 7.92. The number of nitrogens with zero attached hydrogens (tertiary/aromatic N) is 5. The second kappa shape index (κ2) is 7.28. The SMILES string of the molecule is CC(C)(C)n1ncnc1CN1CCC[C@H](CN2CCOCC2)C1. The standard InChI is InChI=1S/C17H31N5O/c1-17(2,3)22-16(18-14-19-22)13-21-6-4-5-15(12-21)11-20-7-9-23-10-8-20/h14-15H,4-13H2,1-3H3/t15-/m1/s1. The van der Waals surface area contributed by atoms with Crippen LogP contribution in [-0.2, 0) is 16.8 Å². The molecule has 1 aromatic heterocycles. The average Bonchev–Trinajstić information content (AvgIpc) is 2.97. The Hall–Kier alpha value is -0.980. The molecule has 0 bridgehead atoms. The van der Waals surface area contributed by atoms with Crippen LogP contribution in [0, 0.1) is 5.92 Å². The van der Waals surface area contributed by atoms with Crippen molar-refractivity contribution in [3.63, 3.8) is 0 Å². The Morgan fingerprint density at radius 2 is 1.96 bits per heavy atom. The quantitative estimate of drug-likeness (QED) is 0.842. The minimum absolute atomic E-state index is 0.00514. The normalized spacial score (nSPS) is 24.9. The molecule has 0 N–H and O–H groups in total. The molecular formula is C17H31N5O. The molecule has 3 rings (SSSR count). The third kappa shape index (κ3) is 4.52. The van der Waals surface area contributed by atoms with E-state index in [-0.39, 0.29) is 5.54 Å². The van der Waals surface area contributed by atoms with Crippen LogP contribution < -0.4 is 0 Å². The molecule has 1 aromatic rings. The maximum atomic E-state index is 5.46. The molecule has 2 aliphatic rings. The highest BCUT2D eigenvalue weighted by atomic mass is 16.5. The summed E-state index contributed by atoms with van der Waals surface area (Å²) in [5.41, 5.74) is -0.00514. The Kier molecular flexibility index (Phi) is 5.34. The topological polar surface area (TPSA) is 46.4 Å². The first kappa shape index (κ1) is 16.9. The fraction of sp³-hybridized carbons (Fsp3) is 0.882. The maximum absolute atomic E-state index is 5.46. The van der Waals surface area contributed by atoms with Gasteiger partial charge in [-0.3, -0.25) is 9.80 Å². The van der Waals surface area contributed by atoms with Gasteiger partial charge in [0.15, 0.2) is 0 Å². The Morgan fingerprint density at radius 3 is 2.70 bits per heavy atom. The molecular weight excluding hydrogens is 290 g/mol. The van der Waals surface area contributed by atoms with E-state index in [1.165, 1.54) is 32.5 Å². The van der Waals surface area contributed by atoms with Crippen molar-refractivity contribution in [3.8, 4) is 0 Å². The van der Waals surface area contributed by atoms with Crippen LogP contribution in [0.2, 0.25) is 0 Å². The predicted octanol–water partition coefficient (Wildman–Crippen LogP) is 1.58. The molecule has 0 unspecified atom stereocenters. The number of likely N-dealkylation sites (tertiary alicyclic amines) is 1. The summed E-state index contributed by atoms with van der Waals surface area (Å²) >= 11 is 0. The molecule has 0 aromatic carbocycles. The van der Waals surface area contributed by atoms with E-state index in [4.69, 9.17) is 4.74 Å². The van der Waals surface area contributed by atoms with Crippen LogP contribution >= 0.6 is 0 Å². The summed E-state index contributed by atoms with van der Waals surface area (Å²) in [6, 6.07) is 0. The molecule has 0 aliphatic carbocycles. The Balaban J connectivity index is 1.55. The third-order valence-electron chi connectivity index (χ3n) is 4.84. The summed E-state index contributed by atoms with van der Waals surface area (Å²) in [7, 11) is 0. The van der Waals surface area contributed by atoms with E-state index in [2.05, 4.69) is 45.3 Å². The molecule has 0 saturated carbocycles. The highest BCUT2D eigenvalue weighted by Gasteiger charge is 2.25. The van der Waals surface area contributed by atoms with Gasteiger partial charge in [0.25, 0.3) is 0 Å². The first-order valence-corrected chi connectivity index (χ1v) is 8.94. The van der Waals surface area contributed by atoms with Crippen molar-refractivity contribution in [2.75, 3.05) is 45.9 Å². The highest BCUT2D eigenvalue weighted by molar-refractivity contribution is 4.91. The van der Waals surface area contributed by atoms with Crippen molar-refractivity contribution in [2.24, 2.45) is 5.92 Å². The molecule has 6 heteroatoms. The lowest BCUT2D eigenvalue weighted by Crippen LogP contribution is -2.44. The van der Waals surface area contributed by atoms with Crippen molar-refractivity contribution < 1.29 is 4.74 Å². The zero-order valence-electron chi connectivity index (χ0n) is 14.9. The smallest absolute Gasteiger partial charge is 0.141 e. The van der Waals surface area contributed by atoms with Crippen LogP contribution in [0.4, 0.5) is 0 Å². The van der Waals surface area contributed by atoms with Gasteiger partial charge in [-0.1, -0.05) is 0 Å². The number of ether oxygens (including phenoxy) is 1. The molecule has 3 heterocycles. The van der Waals surface area contributed by atoms with Crippen molar-refractivity contribution in [2.45, 2.75) is 45.7 Å². The van der Waals surface area contributed by atoms with Gasteiger partial charge in [0.05, 0.1) is 25.3 Å². The number of piperidine rings is 1. The number of hydrogen-bond acceptors (Lipinski definition) is 5. The Bertz CT molecular complexity index is 489. The number of hydrogen-bond donors (Lipinski definition) is 0. The van der Waals surface area contributed by atoms with Crippen LogP contribution in [0.3, 0.4) is 0 Å². The van der Waals surface area contributed by atoms with E-state index >= 15 is 0 Å². The first-order chi connectivity index (χ1) is 11.0. The average molecular weight is 321 g/mol. The zero-order chi connectivity index (χ0) is 16.3. The lowest BCUT2D eigenvalue weighted by molar-refractivity contribution is 0.0221. The van der Waals surface area contributed by atoms with Gasteiger partial charge in [-0.15, -0.1) is 0 Å². The van der Waals surface area contributed by atoms with Gasteiger partial charge in [-0.05, 0) is 46.1 Å². The summed E-state index contributed by atoms with van der Waals surface area (Å²) in [6.07, 6.45) is 4.33. The second-order valence-electron chi connectivity index (χ2n) is 7.92. The van der Waals surface area contributed by atoms with Crippen LogP contribution in [0.15, 0.2) is 6.33 Å². The molecule has 0 radical (unpaired) electrons. The predicted molar refractivity (Wildman–Crippen MR) is 90.3 cm³/mol. The first-order valence-electron chi connectivity index (χ1n) is 8.94. The summed E-state index contributed by atoms with van der Waals surface area (Å²) in [6.45, 7) is 15.0. The van der Waals surface area contributed by atoms with Crippen molar-refractivity contribution >= 4 is 0 Å². The van der Waals surface area contributed by atoms with Crippen molar-refractivity contribution in [1.29, 1.82) is 0 Å². The van der Waals surface area contributed by atoms with E-state index in [0.717, 1.165) is 44.6 Å². The molecule has 0 amide bonds. The minimum Gasteiger partial charge on any atom is -0.379 e. The monoisotopic (exact) mass is 321 g/mol. The molecule has 2 fully saturated rings. The largest absolute Gasteiger partial charge is 0.379 e. The summed E-state index contributed by atoms with van der Waals surface area (Å²) in [5.74, 6) is 1.86. The van der Waals surface area contributed by atoms with Gasteiger partial charge in [-0.2, -0.15) is 5.10 Å². The van der Waals surface area contributed by atoms with E-state index < -0.39 is 0 Å². The Labute approximate surface area is 139 Å². The van der Waals surface area contributed by atoms with Gasteiger partial charge < -0.3 is 4.74 Å². The lowest BCUT2D eigenvalue weighted by Gasteiger charge is -2.36. The maximum Gasteiger partial charge on any atom is 0.141 e. The van der Waals surface area contributed by atoms with E-state index in [1.54, 1.807) is 6.33 Å². The van der Waals surface area contributed by atoms with Crippen molar-refractivity contribution in [1.82, 2.24) is 24.6 Å². The van der Waals surface area contributed by atoms with Gasteiger partial charge in [0, 0.05) is 26.2 Å².